The number of hydrogen-bond donors (Lipinski definition) is 1. The van der Waals surface area contributed by atoms with Crippen molar-refractivity contribution in [2.24, 2.45) is 5.92 Å². The van der Waals surface area contributed by atoms with Gasteiger partial charge in [-0.2, -0.15) is 0 Å². The minimum atomic E-state index is -0.675. The average Bonchev–Trinajstić information content (AvgIpc) is 2.95. The summed E-state index contributed by atoms with van der Waals surface area (Å²) >= 11 is 0. The Labute approximate surface area is 141 Å². The van der Waals surface area contributed by atoms with Crippen LogP contribution < -0.4 is 5.32 Å². The monoisotopic (exact) mass is 330 g/mol. The second-order valence-electron chi connectivity index (χ2n) is 5.97. The van der Waals surface area contributed by atoms with Gasteiger partial charge >= 0.3 is 5.97 Å². The summed E-state index contributed by atoms with van der Waals surface area (Å²) in [5, 5.41) is 2.77. The fourth-order valence-corrected chi connectivity index (χ4v) is 1.95. The number of carbonyl (C=O) groups is 2. The summed E-state index contributed by atoms with van der Waals surface area (Å²) in [6.45, 7) is 7.19. The molecule has 6 heteroatoms. The fraction of sp³-hybridized carbons (Fsp3) is 0.389. The van der Waals surface area contributed by atoms with Crippen molar-refractivity contribution >= 4 is 11.9 Å². The smallest absolute Gasteiger partial charge is 0.361 e. The van der Waals surface area contributed by atoms with Crippen LogP contribution in [0.5, 0.6) is 0 Å². The maximum absolute atomic E-state index is 12.1. The summed E-state index contributed by atoms with van der Waals surface area (Å²) in [7, 11) is 0. The van der Waals surface area contributed by atoms with Crippen LogP contribution in [0.25, 0.3) is 11.5 Å². The van der Waals surface area contributed by atoms with E-state index in [4.69, 9.17) is 9.15 Å². The molecule has 0 spiro atoms. The van der Waals surface area contributed by atoms with Crippen LogP contribution in [0.3, 0.4) is 0 Å². The van der Waals surface area contributed by atoms with Crippen LogP contribution in [0, 0.1) is 12.8 Å². The molecule has 24 heavy (non-hydrogen) atoms. The van der Waals surface area contributed by atoms with Gasteiger partial charge in [-0.05, 0) is 31.9 Å². The van der Waals surface area contributed by atoms with Gasteiger partial charge in [0.25, 0.3) is 5.91 Å². The Bertz CT molecular complexity index is 707. The van der Waals surface area contributed by atoms with E-state index in [2.05, 4.69) is 10.3 Å². The van der Waals surface area contributed by atoms with Gasteiger partial charge in [-0.25, -0.2) is 9.78 Å². The van der Waals surface area contributed by atoms with Gasteiger partial charge in [0.1, 0.15) is 5.76 Å². The molecule has 128 valence electrons. The molecule has 2 rings (SSSR count). The molecule has 0 aliphatic rings. The minimum absolute atomic E-state index is 0.00896. The average molecular weight is 330 g/mol. The summed E-state index contributed by atoms with van der Waals surface area (Å²) in [5.41, 5.74) is 0.849. The molecule has 0 bridgehead atoms. The highest BCUT2D eigenvalue weighted by Crippen LogP contribution is 2.21. The number of aromatic nitrogens is 1. The van der Waals surface area contributed by atoms with Crippen molar-refractivity contribution in [2.45, 2.75) is 33.7 Å². The van der Waals surface area contributed by atoms with Gasteiger partial charge in [0.05, 0.1) is 0 Å². The topological polar surface area (TPSA) is 81.4 Å². The van der Waals surface area contributed by atoms with Gasteiger partial charge in [-0.15, -0.1) is 0 Å². The van der Waals surface area contributed by atoms with E-state index >= 15 is 0 Å². The second kappa shape index (κ2) is 7.77. The Morgan fingerprint density at radius 2 is 1.88 bits per heavy atom. The summed E-state index contributed by atoms with van der Waals surface area (Å²) < 4.78 is 10.5. The number of esters is 1. The molecule has 1 atom stereocenters. The zero-order valence-electron chi connectivity index (χ0n) is 14.3. The normalized spacial score (nSPS) is 12.0. The first-order valence-electron chi connectivity index (χ1n) is 7.87. The van der Waals surface area contributed by atoms with Crippen LogP contribution in [0.1, 0.15) is 37.0 Å². The highest BCUT2D eigenvalue weighted by Gasteiger charge is 2.21. The third-order valence-electron chi connectivity index (χ3n) is 3.73. The molecule has 0 unspecified atom stereocenters. The number of nitrogens with zero attached hydrogens (tertiary/aromatic N) is 1. The Kier molecular flexibility index (Phi) is 5.73. The zero-order valence-corrected chi connectivity index (χ0v) is 14.3. The van der Waals surface area contributed by atoms with E-state index in [-0.39, 0.29) is 24.2 Å². The predicted octanol–water partition coefficient (Wildman–Crippen LogP) is 2.97. The number of benzene rings is 1. The number of carbonyl (C=O) groups excluding carboxylic acids is 2. The Hall–Kier alpha value is -2.63. The number of aryl methyl sites for hydroxylation is 1. The van der Waals surface area contributed by atoms with E-state index in [1.165, 1.54) is 0 Å². The number of hydrogen-bond acceptors (Lipinski definition) is 5. The van der Waals surface area contributed by atoms with E-state index < -0.39 is 5.97 Å². The van der Waals surface area contributed by atoms with Gasteiger partial charge in [0.15, 0.2) is 12.3 Å². The molecule has 2 aromatic rings. The van der Waals surface area contributed by atoms with Crippen LogP contribution in [-0.4, -0.2) is 29.5 Å². The number of nitrogens with one attached hydrogen (secondary N) is 1. The van der Waals surface area contributed by atoms with E-state index in [0.717, 1.165) is 5.56 Å². The van der Waals surface area contributed by atoms with Crippen molar-refractivity contribution in [1.82, 2.24) is 10.3 Å². The number of amides is 1. The molecule has 0 radical (unpaired) electrons. The van der Waals surface area contributed by atoms with Crippen molar-refractivity contribution in [1.29, 1.82) is 0 Å². The Morgan fingerprint density at radius 1 is 1.21 bits per heavy atom. The van der Waals surface area contributed by atoms with Crippen LogP contribution in [0.4, 0.5) is 0 Å². The minimum Gasteiger partial charge on any atom is -0.451 e. The van der Waals surface area contributed by atoms with Crippen LogP contribution in [-0.2, 0) is 9.53 Å². The van der Waals surface area contributed by atoms with E-state index in [0.29, 0.717) is 17.6 Å². The zero-order chi connectivity index (χ0) is 17.7. The molecule has 6 nitrogen and oxygen atoms in total. The van der Waals surface area contributed by atoms with Gasteiger partial charge in [0.2, 0.25) is 5.89 Å². The van der Waals surface area contributed by atoms with Crippen LogP contribution in [0.2, 0.25) is 0 Å². The lowest BCUT2D eigenvalue weighted by atomic mass is 10.1. The summed E-state index contributed by atoms with van der Waals surface area (Å²) in [5.74, 6) is -0.0108. The first-order valence-corrected chi connectivity index (χ1v) is 7.87. The van der Waals surface area contributed by atoms with Gasteiger partial charge in [-0.1, -0.05) is 32.0 Å². The van der Waals surface area contributed by atoms with Gasteiger partial charge in [0, 0.05) is 11.6 Å². The molecule has 1 aromatic carbocycles. The van der Waals surface area contributed by atoms with Crippen molar-refractivity contribution < 1.29 is 18.7 Å². The SMILES string of the molecule is Cc1oc(-c2ccccc2)nc1C(=O)OCC(=O)N[C@H](C)C(C)C. The standard InChI is InChI=1S/C18H22N2O4/c1-11(2)12(3)19-15(21)10-23-18(22)16-13(4)24-17(20-16)14-8-6-5-7-9-14/h5-9,11-12H,10H2,1-4H3,(H,19,21)/t12-/m1/s1. The molecule has 0 saturated heterocycles. The highest BCUT2D eigenvalue weighted by atomic mass is 16.5. The Balaban J connectivity index is 1.98. The predicted molar refractivity (Wildman–Crippen MR) is 89.4 cm³/mol. The molecule has 1 aromatic heterocycles. The third-order valence-corrected chi connectivity index (χ3v) is 3.73. The highest BCUT2D eigenvalue weighted by molar-refractivity contribution is 5.90. The van der Waals surface area contributed by atoms with Crippen molar-refractivity contribution in [3.8, 4) is 11.5 Å². The molecule has 0 fully saturated rings. The molecule has 0 saturated carbocycles. The molecule has 1 heterocycles. The third kappa shape index (κ3) is 4.44. The lowest BCUT2D eigenvalue weighted by Crippen LogP contribution is -2.38. The van der Waals surface area contributed by atoms with Crippen molar-refractivity contribution in [2.75, 3.05) is 6.61 Å². The summed E-state index contributed by atoms with van der Waals surface area (Å²) in [6, 6.07) is 9.27. The maximum Gasteiger partial charge on any atom is 0.361 e. The number of oxazole rings is 1. The molecule has 0 aliphatic heterocycles. The van der Waals surface area contributed by atoms with Crippen LogP contribution >= 0.6 is 0 Å². The number of rotatable bonds is 6. The van der Waals surface area contributed by atoms with E-state index in [1.54, 1.807) is 6.92 Å². The second-order valence-corrected chi connectivity index (χ2v) is 5.97. The molecule has 1 N–H and O–H groups in total. The van der Waals surface area contributed by atoms with Gasteiger partial charge in [-0.3, -0.25) is 4.79 Å². The largest absolute Gasteiger partial charge is 0.451 e. The summed E-state index contributed by atoms with van der Waals surface area (Å²) in [4.78, 5) is 28.1. The maximum atomic E-state index is 12.1. The van der Waals surface area contributed by atoms with Crippen LogP contribution in [0.15, 0.2) is 34.7 Å². The molecule has 1 amide bonds. The molecule has 0 aliphatic carbocycles. The summed E-state index contributed by atoms with van der Waals surface area (Å²) in [6.07, 6.45) is 0. The molecular formula is C18H22N2O4. The molecular weight excluding hydrogens is 308 g/mol. The van der Waals surface area contributed by atoms with E-state index in [9.17, 15) is 9.59 Å². The lowest BCUT2D eigenvalue weighted by Gasteiger charge is -2.17. The van der Waals surface area contributed by atoms with Crippen molar-refractivity contribution in [3.05, 3.63) is 41.8 Å². The lowest BCUT2D eigenvalue weighted by molar-refractivity contribution is -0.125. The number of ether oxygens (including phenoxy) is 1. The first-order chi connectivity index (χ1) is 11.4. The van der Waals surface area contributed by atoms with Gasteiger partial charge < -0.3 is 14.5 Å². The van der Waals surface area contributed by atoms with E-state index in [1.807, 2.05) is 51.1 Å². The quantitative estimate of drug-likeness (QED) is 0.824. The van der Waals surface area contributed by atoms with Crippen molar-refractivity contribution in [3.63, 3.8) is 0 Å². The fourth-order valence-electron chi connectivity index (χ4n) is 1.95. The first kappa shape index (κ1) is 17.7. The Morgan fingerprint density at radius 3 is 2.50 bits per heavy atom.